The van der Waals surface area contributed by atoms with Gasteiger partial charge in [0.2, 0.25) is 0 Å². The first-order valence-corrected chi connectivity index (χ1v) is 6.89. The summed E-state index contributed by atoms with van der Waals surface area (Å²) < 4.78 is 0. The molecule has 2 unspecified atom stereocenters. The Hall–Kier alpha value is -0.860. The fourth-order valence-electron chi connectivity index (χ4n) is 2.41. The molecule has 0 saturated carbocycles. The number of hydrogen-bond acceptors (Lipinski definition) is 2. The molecule has 1 aromatic carbocycles. The molecule has 0 radical (unpaired) electrons. The zero-order valence-electron chi connectivity index (χ0n) is 12.1. The van der Waals surface area contributed by atoms with Gasteiger partial charge in [-0.1, -0.05) is 51.1 Å². The average molecular weight is 249 g/mol. The van der Waals surface area contributed by atoms with Crippen LogP contribution >= 0.6 is 0 Å². The Morgan fingerprint density at radius 1 is 1.17 bits per heavy atom. The topological polar surface area (TPSA) is 32.3 Å². The Kier molecular flexibility index (Phi) is 5.83. The summed E-state index contributed by atoms with van der Waals surface area (Å²) in [7, 11) is 0. The Bertz CT molecular complexity index is 332. The van der Waals surface area contributed by atoms with Crippen molar-refractivity contribution in [3.05, 3.63) is 35.9 Å². The van der Waals surface area contributed by atoms with Crippen LogP contribution in [0.1, 0.15) is 45.6 Å². The van der Waals surface area contributed by atoms with Crippen LogP contribution in [0, 0.1) is 5.92 Å². The van der Waals surface area contributed by atoms with E-state index in [-0.39, 0.29) is 0 Å². The maximum absolute atomic E-state index is 10.2. The zero-order chi connectivity index (χ0) is 13.6. The third kappa shape index (κ3) is 5.65. The molecule has 0 aromatic heterocycles. The monoisotopic (exact) mass is 249 g/mol. The third-order valence-electron chi connectivity index (χ3n) is 3.17. The maximum atomic E-state index is 10.2. The van der Waals surface area contributed by atoms with Crippen LogP contribution in [0.5, 0.6) is 0 Å². The molecular formula is C16H27NO. The molecule has 0 aliphatic heterocycles. The molecule has 1 rings (SSSR count). The first-order valence-electron chi connectivity index (χ1n) is 6.89. The van der Waals surface area contributed by atoms with Crippen molar-refractivity contribution in [2.24, 2.45) is 5.92 Å². The normalized spacial score (nSPS) is 16.6. The van der Waals surface area contributed by atoms with E-state index in [4.69, 9.17) is 0 Å². The summed E-state index contributed by atoms with van der Waals surface area (Å²) in [4.78, 5) is 0. The molecular weight excluding hydrogens is 222 g/mol. The average Bonchev–Trinajstić information content (AvgIpc) is 2.28. The van der Waals surface area contributed by atoms with E-state index >= 15 is 0 Å². The van der Waals surface area contributed by atoms with Gasteiger partial charge in [-0.3, -0.25) is 0 Å². The minimum atomic E-state index is -0.607. The van der Waals surface area contributed by atoms with Crippen LogP contribution in [0.15, 0.2) is 30.3 Å². The molecule has 2 atom stereocenters. The lowest BCUT2D eigenvalue weighted by molar-refractivity contribution is 0.0385. The van der Waals surface area contributed by atoms with Crippen LogP contribution in [-0.4, -0.2) is 23.8 Å². The zero-order valence-corrected chi connectivity index (χ0v) is 12.1. The number of hydrogen-bond donors (Lipinski definition) is 2. The molecule has 102 valence electrons. The van der Waals surface area contributed by atoms with Crippen LogP contribution in [0.25, 0.3) is 0 Å². The van der Waals surface area contributed by atoms with E-state index in [1.807, 2.05) is 13.0 Å². The highest BCUT2D eigenvalue weighted by atomic mass is 16.3. The molecule has 0 aliphatic carbocycles. The largest absolute Gasteiger partial charge is 0.389 e. The lowest BCUT2D eigenvalue weighted by Gasteiger charge is -2.26. The molecule has 0 saturated heterocycles. The molecule has 0 heterocycles. The number of rotatable bonds is 7. The molecule has 0 spiro atoms. The van der Waals surface area contributed by atoms with Crippen LogP contribution < -0.4 is 5.32 Å². The highest BCUT2D eigenvalue weighted by Gasteiger charge is 2.21. The van der Waals surface area contributed by atoms with E-state index in [1.54, 1.807) is 0 Å². The van der Waals surface area contributed by atoms with Gasteiger partial charge >= 0.3 is 0 Å². The first kappa shape index (κ1) is 15.2. The van der Waals surface area contributed by atoms with Gasteiger partial charge in [0, 0.05) is 13.1 Å². The van der Waals surface area contributed by atoms with Crippen molar-refractivity contribution < 1.29 is 5.11 Å². The predicted octanol–water partition coefficient (Wildman–Crippen LogP) is 3.18. The van der Waals surface area contributed by atoms with E-state index in [9.17, 15) is 5.11 Å². The van der Waals surface area contributed by atoms with E-state index in [0.717, 1.165) is 13.0 Å². The molecule has 0 aliphatic rings. The standard InChI is InChI=1S/C16H27NO/c1-13(2)10-16(4,18)12-17-11-14(3)15-8-6-5-7-9-15/h5-9,13-14,17-18H,10-12H2,1-4H3. The summed E-state index contributed by atoms with van der Waals surface area (Å²) in [5.74, 6) is 0.995. The number of nitrogens with one attached hydrogen (secondary N) is 1. The van der Waals surface area contributed by atoms with Gasteiger partial charge in [0.15, 0.2) is 0 Å². The summed E-state index contributed by atoms with van der Waals surface area (Å²) in [6.07, 6.45) is 0.833. The summed E-state index contributed by atoms with van der Waals surface area (Å²) in [5.41, 5.74) is 0.735. The molecule has 0 amide bonds. The molecule has 0 bridgehead atoms. The van der Waals surface area contributed by atoms with Crippen LogP contribution in [0.2, 0.25) is 0 Å². The van der Waals surface area contributed by atoms with Gasteiger partial charge in [0.1, 0.15) is 0 Å². The molecule has 2 N–H and O–H groups in total. The quantitative estimate of drug-likeness (QED) is 0.778. The second kappa shape index (κ2) is 6.91. The Morgan fingerprint density at radius 3 is 2.33 bits per heavy atom. The third-order valence-corrected chi connectivity index (χ3v) is 3.17. The highest BCUT2D eigenvalue weighted by molar-refractivity contribution is 5.18. The van der Waals surface area contributed by atoms with Gasteiger partial charge in [-0.05, 0) is 30.7 Å². The Morgan fingerprint density at radius 2 is 1.78 bits per heavy atom. The summed E-state index contributed by atoms with van der Waals surface area (Å²) in [6.45, 7) is 9.95. The SMILES string of the molecule is CC(C)CC(C)(O)CNCC(C)c1ccccc1. The van der Waals surface area contributed by atoms with Gasteiger partial charge in [0.25, 0.3) is 0 Å². The molecule has 1 aromatic rings. The van der Waals surface area contributed by atoms with E-state index in [0.29, 0.717) is 18.4 Å². The van der Waals surface area contributed by atoms with Crippen LogP contribution in [-0.2, 0) is 0 Å². The minimum absolute atomic E-state index is 0.473. The predicted molar refractivity (Wildman–Crippen MR) is 77.8 cm³/mol. The highest BCUT2D eigenvalue weighted by Crippen LogP contribution is 2.16. The first-order chi connectivity index (χ1) is 8.41. The smallest absolute Gasteiger partial charge is 0.0746 e. The summed E-state index contributed by atoms with van der Waals surface area (Å²) in [6, 6.07) is 10.5. The van der Waals surface area contributed by atoms with Gasteiger partial charge in [-0.2, -0.15) is 0 Å². The second-order valence-electron chi connectivity index (χ2n) is 6.04. The second-order valence-corrected chi connectivity index (χ2v) is 6.04. The molecule has 2 nitrogen and oxygen atoms in total. The fourth-order valence-corrected chi connectivity index (χ4v) is 2.41. The Labute approximate surface area is 111 Å². The number of aliphatic hydroxyl groups is 1. The van der Waals surface area contributed by atoms with E-state index < -0.39 is 5.60 Å². The minimum Gasteiger partial charge on any atom is -0.389 e. The van der Waals surface area contributed by atoms with E-state index in [2.05, 4.69) is 50.4 Å². The lowest BCUT2D eigenvalue weighted by Crippen LogP contribution is -2.40. The van der Waals surface area contributed by atoms with Crippen molar-refractivity contribution in [1.29, 1.82) is 0 Å². The van der Waals surface area contributed by atoms with Gasteiger partial charge in [0.05, 0.1) is 5.60 Å². The van der Waals surface area contributed by atoms with Crippen molar-refractivity contribution in [2.75, 3.05) is 13.1 Å². The maximum Gasteiger partial charge on any atom is 0.0746 e. The Balaban J connectivity index is 2.33. The molecule has 0 fully saturated rings. The van der Waals surface area contributed by atoms with Gasteiger partial charge in [-0.25, -0.2) is 0 Å². The van der Waals surface area contributed by atoms with Crippen molar-refractivity contribution in [3.63, 3.8) is 0 Å². The van der Waals surface area contributed by atoms with Gasteiger partial charge < -0.3 is 10.4 Å². The summed E-state index contributed by atoms with van der Waals surface area (Å²) >= 11 is 0. The van der Waals surface area contributed by atoms with E-state index in [1.165, 1.54) is 5.56 Å². The lowest BCUT2D eigenvalue weighted by atomic mass is 9.94. The van der Waals surface area contributed by atoms with Crippen molar-refractivity contribution >= 4 is 0 Å². The van der Waals surface area contributed by atoms with Crippen molar-refractivity contribution in [1.82, 2.24) is 5.32 Å². The summed E-state index contributed by atoms with van der Waals surface area (Å²) in [5, 5.41) is 13.6. The van der Waals surface area contributed by atoms with Crippen molar-refractivity contribution in [3.8, 4) is 0 Å². The number of benzene rings is 1. The fraction of sp³-hybridized carbons (Fsp3) is 0.625. The molecule has 2 heteroatoms. The van der Waals surface area contributed by atoms with Gasteiger partial charge in [-0.15, -0.1) is 0 Å². The molecule has 18 heavy (non-hydrogen) atoms. The van der Waals surface area contributed by atoms with Crippen molar-refractivity contribution in [2.45, 2.75) is 45.6 Å². The van der Waals surface area contributed by atoms with Crippen LogP contribution in [0.4, 0.5) is 0 Å². The van der Waals surface area contributed by atoms with Crippen LogP contribution in [0.3, 0.4) is 0 Å².